The maximum Gasteiger partial charge on any atom is 0.258 e. The SMILES string of the molecule is C[C@@H]1CN(C(=O)Cn2c(Cc3ccccc3)nc3ccccc32)C[C@H](C)N1Cc1cn(-c2nc(N3CCCCC3)nc(N3CCOCC3)n2)nn1. The van der Waals surface area contributed by atoms with Crippen LogP contribution in [0.15, 0.2) is 60.8 Å². The number of fused-ring (bicyclic) bond motifs is 1. The molecule has 2 aromatic carbocycles. The van der Waals surface area contributed by atoms with Crippen molar-refractivity contribution in [3.05, 3.63) is 77.9 Å². The highest BCUT2D eigenvalue weighted by molar-refractivity contribution is 5.81. The molecule has 3 saturated heterocycles. The topological polar surface area (TPSA) is 126 Å². The fourth-order valence-electron chi connectivity index (χ4n) is 7.56. The number of nitrogens with zero attached hydrogens (tertiary/aromatic N) is 12. The Bertz CT molecular complexity index is 1900. The molecule has 6 heterocycles. The predicted octanol–water partition coefficient (Wildman–Crippen LogP) is 3.34. The van der Waals surface area contributed by atoms with E-state index in [9.17, 15) is 4.79 Å². The van der Waals surface area contributed by atoms with Crippen molar-refractivity contribution in [2.75, 3.05) is 62.3 Å². The molecule has 14 heteroatoms. The Morgan fingerprint density at radius 3 is 2.20 bits per heavy atom. The van der Waals surface area contributed by atoms with E-state index in [0.717, 1.165) is 61.6 Å². The van der Waals surface area contributed by atoms with Gasteiger partial charge in [0, 0.05) is 64.3 Å². The van der Waals surface area contributed by atoms with Gasteiger partial charge in [-0.15, -0.1) is 5.10 Å². The largest absolute Gasteiger partial charge is 0.378 e. The molecule has 0 spiro atoms. The molecule has 0 saturated carbocycles. The number of ether oxygens (including phenoxy) is 1. The minimum Gasteiger partial charge on any atom is -0.378 e. The summed E-state index contributed by atoms with van der Waals surface area (Å²) >= 11 is 0. The van der Waals surface area contributed by atoms with Gasteiger partial charge < -0.3 is 24.0 Å². The summed E-state index contributed by atoms with van der Waals surface area (Å²) < 4.78 is 9.34. The number of morpholine rings is 1. The Hall–Kier alpha value is -4.95. The number of amides is 1. The smallest absolute Gasteiger partial charge is 0.258 e. The second-order valence-corrected chi connectivity index (χ2v) is 14.0. The van der Waals surface area contributed by atoms with Gasteiger partial charge in [-0.3, -0.25) is 9.69 Å². The highest BCUT2D eigenvalue weighted by Gasteiger charge is 2.33. The molecule has 0 radical (unpaired) electrons. The Balaban J connectivity index is 0.959. The van der Waals surface area contributed by atoms with Crippen LogP contribution < -0.4 is 9.80 Å². The fraction of sp³-hybridized carbons (Fsp3) is 0.486. The summed E-state index contributed by atoms with van der Waals surface area (Å²) in [7, 11) is 0. The number of piperidine rings is 1. The molecule has 3 aromatic heterocycles. The molecule has 5 aromatic rings. The van der Waals surface area contributed by atoms with Crippen LogP contribution in [0, 0.1) is 0 Å². The number of piperazine rings is 1. The van der Waals surface area contributed by atoms with Gasteiger partial charge >= 0.3 is 0 Å². The van der Waals surface area contributed by atoms with E-state index in [4.69, 9.17) is 24.7 Å². The second kappa shape index (κ2) is 14.7. The number of benzene rings is 2. The maximum atomic E-state index is 13.9. The summed E-state index contributed by atoms with van der Waals surface area (Å²) in [6, 6.07) is 18.6. The summed E-state index contributed by atoms with van der Waals surface area (Å²) in [5.41, 5.74) is 3.90. The van der Waals surface area contributed by atoms with Crippen LogP contribution in [0.2, 0.25) is 0 Å². The second-order valence-electron chi connectivity index (χ2n) is 14.0. The van der Waals surface area contributed by atoms with E-state index in [0.29, 0.717) is 57.1 Å². The standard InChI is InChI=1S/C37H46N12O2/c1-27-22-46(34(50)26-48-32-14-8-7-13-31(32)38-33(48)21-29-11-5-3-6-12-29)23-28(2)47(27)24-30-25-49(43-42-30)37-40-35(44-15-9-4-10-16-44)39-36(41-37)45-17-19-51-20-18-45/h3,5-8,11-14,25,27-28H,4,9-10,15-24,26H2,1-2H3/t27-,28+. The van der Waals surface area contributed by atoms with Crippen LogP contribution in [0.5, 0.6) is 0 Å². The van der Waals surface area contributed by atoms with Crippen molar-refractivity contribution in [3.63, 3.8) is 0 Å². The van der Waals surface area contributed by atoms with Gasteiger partial charge in [0.15, 0.2) is 0 Å². The van der Waals surface area contributed by atoms with Gasteiger partial charge in [0.2, 0.25) is 17.8 Å². The van der Waals surface area contributed by atoms with Crippen LogP contribution in [0.4, 0.5) is 11.9 Å². The Morgan fingerprint density at radius 1 is 0.784 bits per heavy atom. The molecule has 0 unspecified atom stereocenters. The van der Waals surface area contributed by atoms with E-state index in [1.54, 1.807) is 4.68 Å². The van der Waals surface area contributed by atoms with Crippen molar-refractivity contribution < 1.29 is 9.53 Å². The zero-order valence-corrected chi connectivity index (χ0v) is 29.5. The van der Waals surface area contributed by atoms with Crippen LogP contribution in [-0.2, 0) is 29.0 Å². The van der Waals surface area contributed by atoms with E-state index in [1.807, 2.05) is 47.5 Å². The third-order valence-electron chi connectivity index (χ3n) is 10.3. The number of para-hydroxylation sites is 2. The van der Waals surface area contributed by atoms with Crippen LogP contribution in [0.25, 0.3) is 17.0 Å². The van der Waals surface area contributed by atoms with E-state index < -0.39 is 0 Å². The van der Waals surface area contributed by atoms with Crippen molar-refractivity contribution >= 4 is 28.8 Å². The first-order valence-corrected chi connectivity index (χ1v) is 18.3. The molecule has 14 nitrogen and oxygen atoms in total. The highest BCUT2D eigenvalue weighted by Crippen LogP contribution is 2.24. The Kier molecular flexibility index (Phi) is 9.59. The average molecular weight is 691 g/mol. The van der Waals surface area contributed by atoms with E-state index in [1.165, 1.54) is 12.0 Å². The molecule has 3 fully saturated rings. The van der Waals surface area contributed by atoms with Gasteiger partial charge in [0.05, 0.1) is 36.1 Å². The number of anilines is 2. The van der Waals surface area contributed by atoms with Crippen molar-refractivity contribution in [1.82, 2.24) is 49.3 Å². The number of carbonyl (C=O) groups is 1. The lowest BCUT2D eigenvalue weighted by Gasteiger charge is -2.44. The Labute approximate surface area is 298 Å². The normalized spacial score (nSPS) is 20.3. The molecular weight excluding hydrogens is 644 g/mol. The fourth-order valence-corrected chi connectivity index (χ4v) is 7.56. The maximum absolute atomic E-state index is 13.9. The van der Waals surface area contributed by atoms with E-state index in [-0.39, 0.29) is 24.5 Å². The van der Waals surface area contributed by atoms with Crippen molar-refractivity contribution in [3.8, 4) is 5.95 Å². The number of imidazole rings is 1. The Morgan fingerprint density at radius 2 is 1.45 bits per heavy atom. The number of hydrogen-bond donors (Lipinski definition) is 0. The number of rotatable bonds is 9. The molecule has 8 rings (SSSR count). The lowest BCUT2D eigenvalue weighted by atomic mass is 10.1. The summed E-state index contributed by atoms with van der Waals surface area (Å²) in [5.74, 6) is 2.82. The summed E-state index contributed by atoms with van der Waals surface area (Å²) in [6.07, 6.45) is 6.09. The monoisotopic (exact) mass is 690 g/mol. The molecule has 3 aliphatic rings. The summed E-state index contributed by atoms with van der Waals surface area (Å²) in [6.45, 7) is 11.1. The predicted molar refractivity (Wildman–Crippen MR) is 194 cm³/mol. The van der Waals surface area contributed by atoms with Crippen LogP contribution in [-0.4, -0.2) is 120 Å². The van der Waals surface area contributed by atoms with Crippen molar-refractivity contribution in [2.24, 2.45) is 0 Å². The third-order valence-corrected chi connectivity index (χ3v) is 10.3. The van der Waals surface area contributed by atoms with E-state index in [2.05, 4.69) is 61.6 Å². The average Bonchev–Trinajstić information content (AvgIpc) is 3.78. The molecular formula is C37H46N12O2. The molecule has 1 amide bonds. The van der Waals surface area contributed by atoms with Gasteiger partial charge in [-0.25, -0.2) is 4.98 Å². The molecule has 3 aliphatic heterocycles. The third kappa shape index (κ3) is 7.29. The minimum atomic E-state index is 0.104. The molecule has 2 atom stereocenters. The van der Waals surface area contributed by atoms with Gasteiger partial charge in [-0.1, -0.05) is 47.7 Å². The van der Waals surface area contributed by atoms with E-state index >= 15 is 0 Å². The molecule has 266 valence electrons. The first kappa shape index (κ1) is 33.2. The quantitative estimate of drug-likeness (QED) is 0.226. The van der Waals surface area contributed by atoms with Crippen molar-refractivity contribution in [1.29, 1.82) is 0 Å². The first-order chi connectivity index (χ1) is 25.0. The minimum absolute atomic E-state index is 0.104. The van der Waals surface area contributed by atoms with Crippen LogP contribution >= 0.6 is 0 Å². The number of carbonyl (C=O) groups excluding carboxylic acids is 1. The lowest BCUT2D eigenvalue weighted by molar-refractivity contribution is -0.136. The van der Waals surface area contributed by atoms with Gasteiger partial charge in [-0.2, -0.15) is 19.6 Å². The zero-order valence-electron chi connectivity index (χ0n) is 29.5. The van der Waals surface area contributed by atoms with Crippen LogP contribution in [0.3, 0.4) is 0 Å². The lowest BCUT2D eigenvalue weighted by Crippen LogP contribution is -2.58. The highest BCUT2D eigenvalue weighted by atomic mass is 16.5. The van der Waals surface area contributed by atoms with Gasteiger partial charge in [0.25, 0.3) is 5.95 Å². The van der Waals surface area contributed by atoms with Gasteiger partial charge in [0.1, 0.15) is 12.4 Å². The summed E-state index contributed by atoms with van der Waals surface area (Å²) in [5, 5.41) is 9.02. The molecule has 0 bridgehead atoms. The van der Waals surface area contributed by atoms with Gasteiger partial charge in [-0.05, 0) is 50.8 Å². The molecule has 0 N–H and O–H groups in total. The molecule has 51 heavy (non-hydrogen) atoms. The summed E-state index contributed by atoms with van der Waals surface area (Å²) in [4.78, 5) is 42.2. The van der Waals surface area contributed by atoms with Crippen molar-refractivity contribution in [2.45, 2.75) is 64.7 Å². The zero-order chi connectivity index (χ0) is 34.7. The molecule has 0 aliphatic carbocycles. The van der Waals surface area contributed by atoms with Crippen LogP contribution in [0.1, 0.15) is 50.2 Å². The number of hydrogen-bond acceptors (Lipinski definition) is 11. The first-order valence-electron chi connectivity index (χ1n) is 18.3. The number of aromatic nitrogens is 8.